The fourth-order valence-electron chi connectivity index (χ4n) is 2.39. The van der Waals surface area contributed by atoms with E-state index in [9.17, 15) is 9.59 Å². The first kappa shape index (κ1) is 16.0. The van der Waals surface area contributed by atoms with Crippen molar-refractivity contribution in [1.82, 2.24) is 10.2 Å². The van der Waals surface area contributed by atoms with Gasteiger partial charge in [0.15, 0.2) is 0 Å². The van der Waals surface area contributed by atoms with E-state index in [1.54, 1.807) is 4.90 Å². The van der Waals surface area contributed by atoms with Crippen LogP contribution in [0.1, 0.15) is 64.2 Å². The highest BCUT2D eigenvalue weighted by Crippen LogP contribution is 2.11. The normalized spacial score (nSPS) is 22.1. The molecule has 0 aromatic heterocycles. The number of carbonyl (C=O) groups is 2. The molecule has 0 unspecified atom stereocenters. The first-order chi connectivity index (χ1) is 9.20. The summed E-state index contributed by atoms with van der Waals surface area (Å²) in [5.74, 6) is 0.0225. The molecule has 4 nitrogen and oxygen atoms in total. The maximum Gasteiger partial charge on any atom is 0.241 e. The van der Waals surface area contributed by atoms with E-state index in [0.717, 1.165) is 25.8 Å². The molecular weight excluding hydrogens is 240 g/mol. The van der Waals surface area contributed by atoms with Crippen molar-refractivity contribution in [2.24, 2.45) is 0 Å². The number of likely N-dealkylation sites (N-methyl/N-ethyl adjacent to an activating group) is 1. The molecule has 110 valence electrons. The Labute approximate surface area is 116 Å². The van der Waals surface area contributed by atoms with E-state index in [1.165, 1.54) is 38.5 Å². The summed E-state index contributed by atoms with van der Waals surface area (Å²) in [5, 5.41) is 2.71. The van der Waals surface area contributed by atoms with Gasteiger partial charge in [-0.05, 0) is 12.8 Å². The first-order valence-electron chi connectivity index (χ1n) is 7.71. The zero-order valence-corrected chi connectivity index (χ0v) is 12.2. The molecule has 1 aliphatic rings. The second kappa shape index (κ2) is 9.82. The van der Waals surface area contributed by atoms with Crippen LogP contribution in [0.5, 0.6) is 0 Å². The fourth-order valence-corrected chi connectivity index (χ4v) is 2.39. The van der Waals surface area contributed by atoms with Crippen LogP contribution in [0.15, 0.2) is 0 Å². The third-order valence-corrected chi connectivity index (χ3v) is 3.76. The number of carbonyl (C=O) groups excluding carboxylic acids is 2. The number of nitrogens with one attached hydrogen (secondary N) is 1. The van der Waals surface area contributed by atoms with E-state index < -0.39 is 0 Å². The molecule has 0 aromatic carbocycles. The topological polar surface area (TPSA) is 49.4 Å². The standard InChI is InChI=1S/C15H28N2O2/c1-17-12-10-8-6-4-2-3-5-7-9-11-14(18)16-13-15(17)19/h2-13H2,1H3,(H,16,18). The Morgan fingerprint density at radius 3 is 2.00 bits per heavy atom. The largest absolute Gasteiger partial charge is 0.347 e. The van der Waals surface area contributed by atoms with Crippen molar-refractivity contribution < 1.29 is 9.59 Å². The minimum atomic E-state index is 0.00819. The maximum atomic E-state index is 11.8. The molecule has 0 saturated carbocycles. The molecule has 2 amide bonds. The van der Waals surface area contributed by atoms with Crippen molar-refractivity contribution in [1.29, 1.82) is 0 Å². The molecule has 1 aliphatic heterocycles. The van der Waals surface area contributed by atoms with Crippen LogP contribution in [-0.2, 0) is 9.59 Å². The van der Waals surface area contributed by atoms with E-state index in [2.05, 4.69) is 5.32 Å². The van der Waals surface area contributed by atoms with E-state index >= 15 is 0 Å². The molecule has 1 rings (SSSR count). The summed E-state index contributed by atoms with van der Waals surface area (Å²) in [7, 11) is 1.82. The fraction of sp³-hybridized carbons (Fsp3) is 0.867. The summed E-state index contributed by atoms with van der Waals surface area (Å²) in [6, 6.07) is 0. The molecule has 0 spiro atoms. The molecule has 1 heterocycles. The Hall–Kier alpha value is -1.06. The van der Waals surface area contributed by atoms with Gasteiger partial charge in [-0.3, -0.25) is 9.59 Å². The average molecular weight is 268 g/mol. The van der Waals surface area contributed by atoms with Crippen LogP contribution < -0.4 is 5.32 Å². The number of amides is 2. The van der Waals surface area contributed by atoms with Gasteiger partial charge in [0.05, 0.1) is 6.54 Å². The summed E-state index contributed by atoms with van der Waals surface area (Å²) in [6.07, 6.45) is 11.3. The Balaban J connectivity index is 2.33. The lowest BCUT2D eigenvalue weighted by Gasteiger charge is -2.17. The average Bonchev–Trinajstić information content (AvgIpc) is 2.40. The van der Waals surface area contributed by atoms with Crippen molar-refractivity contribution in [3.05, 3.63) is 0 Å². The highest BCUT2D eigenvalue weighted by atomic mass is 16.2. The van der Waals surface area contributed by atoms with E-state index in [-0.39, 0.29) is 18.4 Å². The molecule has 0 aromatic rings. The van der Waals surface area contributed by atoms with Gasteiger partial charge < -0.3 is 10.2 Å². The van der Waals surface area contributed by atoms with Crippen LogP contribution in [0.4, 0.5) is 0 Å². The third kappa shape index (κ3) is 7.85. The Morgan fingerprint density at radius 1 is 0.842 bits per heavy atom. The van der Waals surface area contributed by atoms with Gasteiger partial charge in [0.2, 0.25) is 11.8 Å². The zero-order chi connectivity index (χ0) is 13.9. The summed E-state index contributed by atoms with van der Waals surface area (Å²) in [5.41, 5.74) is 0. The second-order valence-corrected chi connectivity index (χ2v) is 5.52. The van der Waals surface area contributed by atoms with Gasteiger partial charge in [0, 0.05) is 20.0 Å². The number of hydrogen-bond acceptors (Lipinski definition) is 2. The SMILES string of the molecule is CN1CCCCCCCCCCCC(=O)NCC1=O. The Bertz CT molecular complexity index is 279. The molecule has 19 heavy (non-hydrogen) atoms. The van der Waals surface area contributed by atoms with E-state index in [0.29, 0.717) is 6.42 Å². The van der Waals surface area contributed by atoms with Crippen LogP contribution >= 0.6 is 0 Å². The highest BCUT2D eigenvalue weighted by Gasteiger charge is 2.10. The molecule has 0 aliphatic carbocycles. The highest BCUT2D eigenvalue weighted by molar-refractivity contribution is 5.84. The third-order valence-electron chi connectivity index (χ3n) is 3.76. The summed E-state index contributed by atoms with van der Waals surface area (Å²) >= 11 is 0. The van der Waals surface area contributed by atoms with Gasteiger partial charge in [-0.25, -0.2) is 0 Å². The lowest BCUT2D eigenvalue weighted by atomic mass is 10.1. The van der Waals surface area contributed by atoms with Crippen LogP contribution in [-0.4, -0.2) is 36.9 Å². The van der Waals surface area contributed by atoms with Crippen molar-refractivity contribution >= 4 is 11.8 Å². The first-order valence-corrected chi connectivity index (χ1v) is 7.71. The predicted molar refractivity (Wildman–Crippen MR) is 76.8 cm³/mol. The van der Waals surface area contributed by atoms with Gasteiger partial charge >= 0.3 is 0 Å². The second-order valence-electron chi connectivity index (χ2n) is 5.52. The molecule has 1 saturated heterocycles. The quantitative estimate of drug-likeness (QED) is 0.733. The van der Waals surface area contributed by atoms with E-state index in [4.69, 9.17) is 0 Å². The Morgan fingerprint density at radius 2 is 1.37 bits per heavy atom. The van der Waals surface area contributed by atoms with Gasteiger partial charge in [0.25, 0.3) is 0 Å². The smallest absolute Gasteiger partial charge is 0.241 e. The van der Waals surface area contributed by atoms with Gasteiger partial charge in [-0.2, -0.15) is 0 Å². The van der Waals surface area contributed by atoms with Crippen LogP contribution in [0.3, 0.4) is 0 Å². The molecule has 0 atom stereocenters. The molecule has 0 radical (unpaired) electrons. The van der Waals surface area contributed by atoms with Crippen LogP contribution in [0.25, 0.3) is 0 Å². The summed E-state index contributed by atoms with van der Waals surface area (Å²) < 4.78 is 0. The van der Waals surface area contributed by atoms with Crippen molar-refractivity contribution in [2.45, 2.75) is 64.2 Å². The molecule has 4 heteroatoms. The minimum Gasteiger partial charge on any atom is -0.347 e. The van der Waals surface area contributed by atoms with E-state index in [1.807, 2.05) is 7.05 Å². The number of hydrogen-bond donors (Lipinski definition) is 1. The number of nitrogens with zero attached hydrogens (tertiary/aromatic N) is 1. The van der Waals surface area contributed by atoms with Gasteiger partial charge in [-0.15, -0.1) is 0 Å². The minimum absolute atomic E-state index is 0.00819. The lowest BCUT2D eigenvalue weighted by Crippen LogP contribution is -2.38. The molecule has 0 bridgehead atoms. The molecule has 1 fully saturated rings. The van der Waals surface area contributed by atoms with Crippen LogP contribution in [0, 0.1) is 0 Å². The predicted octanol–water partition coefficient (Wildman–Crippen LogP) is 2.48. The molecular formula is C15H28N2O2. The monoisotopic (exact) mass is 268 g/mol. The van der Waals surface area contributed by atoms with Crippen molar-refractivity contribution in [2.75, 3.05) is 20.1 Å². The Kier molecular flexibility index (Phi) is 8.26. The van der Waals surface area contributed by atoms with Crippen molar-refractivity contribution in [3.63, 3.8) is 0 Å². The maximum absolute atomic E-state index is 11.8. The van der Waals surface area contributed by atoms with Crippen molar-refractivity contribution in [3.8, 4) is 0 Å². The summed E-state index contributed by atoms with van der Waals surface area (Å²) in [6.45, 7) is 0.948. The van der Waals surface area contributed by atoms with Gasteiger partial charge in [-0.1, -0.05) is 44.9 Å². The summed E-state index contributed by atoms with van der Waals surface area (Å²) in [4.78, 5) is 25.0. The van der Waals surface area contributed by atoms with Crippen LogP contribution in [0.2, 0.25) is 0 Å². The van der Waals surface area contributed by atoms with Gasteiger partial charge in [0.1, 0.15) is 0 Å². The number of rotatable bonds is 0. The zero-order valence-electron chi connectivity index (χ0n) is 12.2. The molecule has 1 N–H and O–H groups in total. The lowest BCUT2D eigenvalue weighted by molar-refractivity contribution is -0.131.